The normalized spacial score (nSPS) is 15.4. The molecule has 1 aliphatic rings. The van der Waals surface area contributed by atoms with Crippen molar-refractivity contribution in [3.05, 3.63) is 40.2 Å². The van der Waals surface area contributed by atoms with Crippen molar-refractivity contribution in [3.8, 4) is 0 Å². The highest BCUT2D eigenvalue weighted by molar-refractivity contribution is 7.89. The number of pyridine rings is 1. The smallest absolute Gasteiger partial charge is 0.252 e. The Morgan fingerprint density at radius 2 is 2.00 bits per heavy atom. The molecule has 9 heteroatoms. The number of benzene rings is 1. The van der Waals surface area contributed by atoms with E-state index >= 15 is 0 Å². The SMILES string of the molecule is COCCNC(=O)c1cc(=O)[nH]c2ccc(S(=O)(=O)N3CCCC3)cc12. The molecule has 8 nitrogen and oxygen atoms in total. The third-order valence-electron chi connectivity index (χ3n) is 4.35. The summed E-state index contributed by atoms with van der Waals surface area (Å²) in [7, 11) is -2.10. The van der Waals surface area contributed by atoms with Crippen molar-refractivity contribution in [2.75, 3.05) is 33.4 Å². The first-order valence-electron chi connectivity index (χ1n) is 8.38. The second-order valence-electron chi connectivity index (χ2n) is 6.11. The first-order chi connectivity index (χ1) is 12.4. The van der Waals surface area contributed by atoms with Gasteiger partial charge < -0.3 is 15.0 Å². The molecule has 3 rings (SSSR count). The first kappa shape index (κ1) is 18.6. The van der Waals surface area contributed by atoms with Crippen LogP contribution in [0.5, 0.6) is 0 Å². The number of nitrogens with one attached hydrogen (secondary N) is 2. The highest BCUT2D eigenvalue weighted by Crippen LogP contribution is 2.25. The minimum atomic E-state index is -3.61. The second kappa shape index (κ2) is 7.56. The van der Waals surface area contributed by atoms with Crippen LogP contribution in [0.1, 0.15) is 23.2 Å². The van der Waals surface area contributed by atoms with Gasteiger partial charge in [-0.15, -0.1) is 0 Å². The Kier molecular flexibility index (Phi) is 5.40. The maximum absolute atomic E-state index is 12.8. The lowest BCUT2D eigenvalue weighted by molar-refractivity contribution is 0.0938. The van der Waals surface area contributed by atoms with Crippen LogP contribution in [0.2, 0.25) is 0 Å². The Morgan fingerprint density at radius 3 is 2.69 bits per heavy atom. The van der Waals surface area contributed by atoms with E-state index in [-0.39, 0.29) is 17.0 Å². The molecule has 140 valence electrons. The van der Waals surface area contributed by atoms with Gasteiger partial charge in [0, 0.05) is 43.7 Å². The summed E-state index contributed by atoms with van der Waals surface area (Å²) in [5, 5.41) is 3.04. The van der Waals surface area contributed by atoms with Crippen molar-refractivity contribution in [1.82, 2.24) is 14.6 Å². The van der Waals surface area contributed by atoms with Crippen LogP contribution in [-0.4, -0.2) is 57.0 Å². The average Bonchev–Trinajstić information content (AvgIpc) is 3.16. The van der Waals surface area contributed by atoms with E-state index in [4.69, 9.17) is 4.74 Å². The molecule has 1 aromatic carbocycles. The van der Waals surface area contributed by atoms with E-state index in [1.165, 1.54) is 35.7 Å². The summed E-state index contributed by atoms with van der Waals surface area (Å²) in [5.41, 5.74) is 0.123. The molecule has 2 heterocycles. The van der Waals surface area contributed by atoms with Crippen LogP contribution in [0, 0.1) is 0 Å². The molecule has 0 radical (unpaired) electrons. The van der Waals surface area contributed by atoms with Crippen LogP contribution < -0.4 is 10.9 Å². The topological polar surface area (TPSA) is 109 Å². The van der Waals surface area contributed by atoms with Gasteiger partial charge in [-0.05, 0) is 31.0 Å². The lowest BCUT2D eigenvalue weighted by Gasteiger charge is -2.16. The minimum absolute atomic E-state index is 0.116. The number of carbonyl (C=O) groups is 1. The number of amides is 1. The molecule has 2 aromatic rings. The predicted octanol–water partition coefficient (Wildman–Crippen LogP) is 0.689. The number of aromatic nitrogens is 1. The van der Waals surface area contributed by atoms with Crippen molar-refractivity contribution in [1.29, 1.82) is 0 Å². The quantitative estimate of drug-likeness (QED) is 0.718. The van der Waals surface area contributed by atoms with Crippen LogP contribution in [0.15, 0.2) is 34.0 Å². The molecule has 1 amide bonds. The lowest BCUT2D eigenvalue weighted by Crippen LogP contribution is -2.29. The summed E-state index contributed by atoms with van der Waals surface area (Å²) in [6.07, 6.45) is 1.68. The predicted molar refractivity (Wildman–Crippen MR) is 96.8 cm³/mol. The Bertz CT molecular complexity index is 978. The number of carbonyl (C=O) groups excluding carboxylic acids is 1. The van der Waals surface area contributed by atoms with Crippen molar-refractivity contribution >= 4 is 26.8 Å². The van der Waals surface area contributed by atoms with Crippen LogP contribution in [0.3, 0.4) is 0 Å². The highest BCUT2D eigenvalue weighted by atomic mass is 32.2. The van der Waals surface area contributed by atoms with Gasteiger partial charge in [0.25, 0.3) is 5.91 Å². The number of nitrogens with zero attached hydrogens (tertiary/aromatic N) is 1. The van der Waals surface area contributed by atoms with Crippen LogP contribution in [0.4, 0.5) is 0 Å². The summed E-state index contributed by atoms with van der Waals surface area (Å²) in [5.74, 6) is -0.450. The fourth-order valence-electron chi connectivity index (χ4n) is 3.02. The number of hydrogen-bond acceptors (Lipinski definition) is 5. The zero-order chi connectivity index (χ0) is 18.7. The van der Waals surface area contributed by atoms with E-state index in [0.717, 1.165) is 12.8 Å². The number of sulfonamides is 1. The fraction of sp³-hybridized carbons (Fsp3) is 0.412. The zero-order valence-corrected chi connectivity index (χ0v) is 15.3. The van der Waals surface area contributed by atoms with Gasteiger partial charge in [-0.3, -0.25) is 9.59 Å². The van der Waals surface area contributed by atoms with Gasteiger partial charge in [0.2, 0.25) is 15.6 Å². The average molecular weight is 379 g/mol. The Labute approximate surface area is 151 Å². The van der Waals surface area contributed by atoms with E-state index in [0.29, 0.717) is 30.6 Å². The van der Waals surface area contributed by atoms with Crippen LogP contribution in [0.25, 0.3) is 10.9 Å². The van der Waals surface area contributed by atoms with Crippen LogP contribution in [-0.2, 0) is 14.8 Å². The van der Waals surface area contributed by atoms with Gasteiger partial charge in [0.1, 0.15) is 0 Å². The van der Waals surface area contributed by atoms with Crippen molar-refractivity contribution in [2.45, 2.75) is 17.7 Å². The molecule has 0 saturated carbocycles. The summed E-state index contributed by atoms with van der Waals surface area (Å²) < 4.78 is 31.9. The maximum Gasteiger partial charge on any atom is 0.252 e. The van der Waals surface area contributed by atoms with E-state index < -0.39 is 21.5 Å². The molecule has 1 fully saturated rings. The van der Waals surface area contributed by atoms with E-state index in [1.54, 1.807) is 0 Å². The van der Waals surface area contributed by atoms with E-state index in [1.807, 2.05) is 0 Å². The molecule has 1 saturated heterocycles. The molecule has 26 heavy (non-hydrogen) atoms. The molecule has 0 spiro atoms. The monoisotopic (exact) mass is 379 g/mol. The van der Waals surface area contributed by atoms with Gasteiger partial charge in [-0.25, -0.2) is 8.42 Å². The largest absolute Gasteiger partial charge is 0.383 e. The van der Waals surface area contributed by atoms with Gasteiger partial charge in [0.05, 0.1) is 17.1 Å². The minimum Gasteiger partial charge on any atom is -0.383 e. The number of fused-ring (bicyclic) bond motifs is 1. The number of ether oxygens (including phenoxy) is 1. The van der Waals surface area contributed by atoms with Crippen molar-refractivity contribution < 1.29 is 17.9 Å². The molecule has 2 N–H and O–H groups in total. The summed E-state index contributed by atoms with van der Waals surface area (Å²) in [6, 6.07) is 5.60. The zero-order valence-electron chi connectivity index (χ0n) is 14.4. The highest BCUT2D eigenvalue weighted by Gasteiger charge is 2.27. The third-order valence-corrected chi connectivity index (χ3v) is 6.25. The Balaban J connectivity index is 2.05. The van der Waals surface area contributed by atoms with Gasteiger partial charge in [0.15, 0.2) is 0 Å². The van der Waals surface area contributed by atoms with Crippen molar-refractivity contribution in [2.24, 2.45) is 0 Å². The fourth-order valence-corrected chi connectivity index (χ4v) is 4.56. The number of hydrogen-bond donors (Lipinski definition) is 2. The molecule has 0 unspecified atom stereocenters. The first-order valence-corrected chi connectivity index (χ1v) is 9.82. The Morgan fingerprint density at radius 1 is 1.27 bits per heavy atom. The summed E-state index contributed by atoms with van der Waals surface area (Å²) >= 11 is 0. The van der Waals surface area contributed by atoms with E-state index in [9.17, 15) is 18.0 Å². The lowest BCUT2D eigenvalue weighted by atomic mass is 10.1. The summed E-state index contributed by atoms with van der Waals surface area (Å²) in [4.78, 5) is 27.0. The number of rotatable bonds is 6. The Hall–Kier alpha value is -2.23. The number of methoxy groups -OCH3 is 1. The number of aromatic amines is 1. The van der Waals surface area contributed by atoms with Crippen molar-refractivity contribution in [3.63, 3.8) is 0 Å². The molecular weight excluding hydrogens is 358 g/mol. The van der Waals surface area contributed by atoms with Gasteiger partial charge in [-0.1, -0.05) is 0 Å². The molecular formula is C17H21N3O5S. The second-order valence-corrected chi connectivity index (χ2v) is 8.05. The standard InChI is InChI=1S/C17H21N3O5S/c1-25-9-6-18-17(22)14-11-16(21)19-15-5-4-12(10-13(14)15)26(23,24)20-7-2-3-8-20/h4-5,10-11H,2-3,6-9H2,1H3,(H,18,22)(H,19,21). The molecule has 0 aliphatic carbocycles. The van der Waals surface area contributed by atoms with E-state index in [2.05, 4.69) is 10.3 Å². The molecule has 1 aromatic heterocycles. The third kappa shape index (κ3) is 3.64. The number of H-pyrrole nitrogens is 1. The molecule has 0 bridgehead atoms. The molecule has 0 atom stereocenters. The van der Waals surface area contributed by atoms with Gasteiger partial charge in [-0.2, -0.15) is 4.31 Å². The molecule has 1 aliphatic heterocycles. The summed E-state index contributed by atoms with van der Waals surface area (Å²) in [6.45, 7) is 1.61. The maximum atomic E-state index is 12.8. The van der Waals surface area contributed by atoms with Gasteiger partial charge >= 0.3 is 0 Å². The van der Waals surface area contributed by atoms with Crippen LogP contribution >= 0.6 is 0 Å².